The van der Waals surface area contributed by atoms with Crippen molar-refractivity contribution in [3.63, 3.8) is 0 Å². The Bertz CT molecular complexity index is 1170. The Labute approximate surface area is 252 Å². The quantitative estimate of drug-likeness (QED) is 0.239. The van der Waals surface area contributed by atoms with E-state index in [4.69, 9.17) is 18.9 Å². The van der Waals surface area contributed by atoms with Gasteiger partial charge >= 0.3 is 0 Å². The molecule has 2 heterocycles. The number of ether oxygens (including phenoxy) is 4. The van der Waals surface area contributed by atoms with Crippen molar-refractivity contribution in [3.05, 3.63) is 92.9 Å². The molecule has 2 saturated heterocycles. The molecule has 2 fully saturated rings. The molecule has 0 N–H and O–H groups in total. The Morgan fingerprint density at radius 2 is 1.05 bits per heavy atom. The maximum atomic E-state index is 12.8. The first-order valence-electron chi connectivity index (χ1n) is 13.7. The second kappa shape index (κ2) is 12.5. The fraction of sp³-hybridized carbons (Fsp3) is 0.438. The first kappa shape index (κ1) is 29.5. The number of Topliss-reactive ketones (excluding diaryl/α,β-unsaturated/α-hetero) is 2. The normalized spacial score (nSPS) is 32.1. The van der Waals surface area contributed by atoms with Gasteiger partial charge in [0.25, 0.3) is 0 Å². The van der Waals surface area contributed by atoms with E-state index in [1.165, 1.54) is 0 Å². The second-order valence-electron chi connectivity index (χ2n) is 10.5. The van der Waals surface area contributed by atoms with E-state index in [0.717, 1.165) is 34.6 Å². The molecule has 0 saturated carbocycles. The lowest BCUT2D eigenvalue weighted by molar-refractivity contribution is -0.269. The first-order valence-corrected chi connectivity index (χ1v) is 15.3. The van der Waals surface area contributed by atoms with Gasteiger partial charge in [-0.05, 0) is 49.9 Å². The average Bonchev–Trinajstić information content (AvgIpc) is 3.57. The Morgan fingerprint density at radius 1 is 0.675 bits per heavy atom. The van der Waals surface area contributed by atoms with E-state index in [9.17, 15) is 9.59 Å². The average molecular weight is 674 g/mol. The van der Waals surface area contributed by atoms with Crippen molar-refractivity contribution in [3.8, 4) is 0 Å². The number of fused-ring (bicyclic) bond motifs is 2. The zero-order valence-corrected chi connectivity index (χ0v) is 25.9. The largest absolute Gasteiger partial charge is 0.352 e. The minimum absolute atomic E-state index is 0.0556. The van der Waals surface area contributed by atoms with Gasteiger partial charge in [-0.25, -0.2) is 0 Å². The van der Waals surface area contributed by atoms with E-state index >= 15 is 0 Å². The standard InChI is InChI=1S/2C16H17BrO3/c2*1-19-16-12(3-2-10-20-16)6-9-14(16)15(18)11-4-7-13(17)8-5-11/h2*4-9,12,14H,2-3,10H2,1H3/t2*12-,14-,16-/m00/s1. The lowest BCUT2D eigenvalue weighted by Gasteiger charge is -2.41. The Morgan fingerprint density at radius 3 is 1.40 bits per heavy atom. The molecule has 2 aromatic carbocycles. The van der Waals surface area contributed by atoms with Crippen LogP contribution in [0.1, 0.15) is 46.4 Å². The summed E-state index contributed by atoms with van der Waals surface area (Å²) in [5, 5.41) is 0. The Balaban J connectivity index is 0.000000161. The van der Waals surface area contributed by atoms with Crippen molar-refractivity contribution in [1.82, 2.24) is 0 Å². The van der Waals surface area contributed by atoms with Crippen molar-refractivity contribution in [2.45, 2.75) is 37.3 Å². The van der Waals surface area contributed by atoms with E-state index in [-0.39, 0.29) is 35.2 Å². The molecule has 6 rings (SSSR count). The number of carbonyl (C=O) groups is 2. The number of halogens is 2. The number of hydrogen-bond donors (Lipinski definition) is 0. The van der Waals surface area contributed by atoms with Gasteiger partial charge < -0.3 is 18.9 Å². The van der Waals surface area contributed by atoms with Crippen LogP contribution in [-0.4, -0.2) is 50.6 Å². The van der Waals surface area contributed by atoms with E-state index < -0.39 is 11.6 Å². The van der Waals surface area contributed by atoms with Crippen LogP contribution >= 0.6 is 31.9 Å². The molecular weight excluding hydrogens is 640 g/mol. The Hall–Kier alpha value is -1.94. The molecule has 6 nitrogen and oxygen atoms in total. The summed E-state index contributed by atoms with van der Waals surface area (Å²) in [7, 11) is 3.26. The predicted octanol–water partition coefficient (Wildman–Crippen LogP) is 7.17. The summed E-state index contributed by atoms with van der Waals surface area (Å²) in [5.41, 5.74) is 1.38. The molecule has 0 aromatic heterocycles. The lowest BCUT2D eigenvalue weighted by atomic mass is 9.84. The SMILES string of the molecule is CO[C@]12OCCC[C@H]1C=C[C@H]2C(=O)c1ccc(Br)cc1.CO[C@]12OCCC[C@H]1C=C[C@H]2C(=O)c1ccc(Br)cc1. The summed E-state index contributed by atoms with van der Waals surface area (Å²) in [6.07, 6.45) is 12.1. The lowest BCUT2D eigenvalue weighted by Crippen LogP contribution is -2.50. The van der Waals surface area contributed by atoms with E-state index in [1.54, 1.807) is 14.2 Å². The third kappa shape index (κ3) is 5.46. The number of hydrogen-bond acceptors (Lipinski definition) is 6. The summed E-state index contributed by atoms with van der Waals surface area (Å²) < 4.78 is 25.1. The van der Waals surface area contributed by atoms with Crippen molar-refractivity contribution in [1.29, 1.82) is 0 Å². The highest BCUT2D eigenvalue weighted by Gasteiger charge is 2.54. The summed E-state index contributed by atoms with van der Waals surface area (Å²) in [5.74, 6) is -1.88. The van der Waals surface area contributed by atoms with Crippen LogP contribution in [0, 0.1) is 23.7 Å². The fourth-order valence-electron chi connectivity index (χ4n) is 6.35. The minimum atomic E-state index is -0.803. The molecule has 40 heavy (non-hydrogen) atoms. The molecule has 6 atom stereocenters. The zero-order valence-electron chi connectivity index (χ0n) is 22.7. The van der Waals surface area contributed by atoms with Gasteiger partial charge in [0.15, 0.2) is 23.1 Å². The van der Waals surface area contributed by atoms with Crippen molar-refractivity contribution in [2.24, 2.45) is 23.7 Å². The van der Waals surface area contributed by atoms with Crippen molar-refractivity contribution in [2.75, 3.05) is 27.4 Å². The van der Waals surface area contributed by atoms with Crippen LogP contribution in [0.4, 0.5) is 0 Å². The molecular formula is C32H34Br2O6. The van der Waals surface area contributed by atoms with Crippen LogP contribution in [-0.2, 0) is 18.9 Å². The van der Waals surface area contributed by atoms with Crippen LogP contribution in [0.3, 0.4) is 0 Å². The van der Waals surface area contributed by atoms with Crippen molar-refractivity contribution >= 4 is 43.4 Å². The number of carbonyl (C=O) groups excluding carboxylic acids is 2. The highest BCUT2D eigenvalue weighted by Crippen LogP contribution is 2.46. The summed E-state index contributed by atoms with van der Waals surface area (Å²) in [4.78, 5) is 25.5. The molecule has 0 bridgehead atoms. The van der Waals surface area contributed by atoms with Gasteiger partial charge in [0.2, 0.25) is 0 Å². The first-order chi connectivity index (χ1) is 19.3. The van der Waals surface area contributed by atoms with Gasteiger partial charge in [-0.3, -0.25) is 9.59 Å². The smallest absolute Gasteiger partial charge is 0.187 e. The van der Waals surface area contributed by atoms with Crippen LogP contribution in [0.15, 0.2) is 81.8 Å². The van der Waals surface area contributed by atoms with Crippen LogP contribution in [0.5, 0.6) is 0 Å². The molecule has 0 radical (unpaired) electrons. The van der Waals surface area contributed by atoms with Gasteiger partial charge in [-0.15, -0.1) is 0 Å². The molecule has 0 spiro atoms. The topological polar surface area (TPSA) is 71.1 Å². The van der Waals surface area contributed by atoms with Gasteiger partial charge in [-0.1, -0.05) is 80.4 Å². The Kier molecular flexibility index (Phi) is 9.24. The molecule has 2 aromatic rings. The number of benzene rings is 2. The van der Waals surface area contributed by atoms with E-state index in [1.807, 2.05) is 60.7 Å². The van der Waals surface area contributed by atoms with Crippen LogP contribution in [0.2, 0.25) is 0 Å². The molecule has 0 unspecified atom stereocenters. The second-order valence-corrected chi connectivity index (χ2v) is 12.3. The third-order valence-corrected chi connectivity index (χ3v) is 9.46. The van der Waals surface area contributed by atoms with Gasteiger partial charge in [0, 0.05) is 46.1 Å². The van der Waals surface area contributed by atoms with Gasteiger partial charge in [0.05, 0.1) is 25.0 Å². The van der Waals surface area contributed by atoms with Crippen LogP contribution < -0.4 is 0 Å². The van der Waals surface area contributed by atoms with E-state index in [2.05, 4.69) is 44.0 Å². The molecule has 212 valence electrons. The summed E-state index contributed by atoms with van der Waals surface area (Å²) in [6, 6.07) is 14.9. The molecule has 4 aliphatic rings. The maximum Gasteiger partial charge on any atom is 0.187 e. The number of rotatable bonds is 6. The number of ketones is 2. The molecule has 0 amide bonds. The maximum absolute atomic E-state index is 12.8. The molecule has 2 aliphatic carbocycles. The van der Waals surface area contributed by atoms with Gasteiger partial charge in [0.1, 0.15) is 0 Å². The minimum Gasteiger partial charge on any atom is -0.352 e. The van der Waals surface area contributed by atoms with Crippen LogP contribution in [0.25, 0.3) is 0 Å². The molecule has 8 heteroatoms. The summed E-state index contributed by atoms with van der Waals surface area (Å²) >= 11 is 6.77. The molecule has 2 aliphatic heterocycles. The highest BCUT2D eigenvalue weighted by atomic mass is 79.9. The summed E-state index contributed by atoms with van der Waals surface area (Å²) in [6.45, 7) is 1.30. The highest BCUT2D eigenvalue weighted by molar-refractivity contribution is 9.10. The number of methoxy groups -OCH3 is 2. The fourth-order valence-corrected chi connectivity index (χ4v) is 6.88. The predicted molar refractivity (Wildman–Crippen MR) is 159 cm³/mol. The monoisotopic (exact) mass is 672 g/mol. The van der Waals surface area contributed by atoms with E-state index in [0.29, 0.717) is 24.3 Å². The van der Waals surface area contributed by atoms with Gasteiger partial charge in [-0.2, -0.15) is 0 Å². The zero-order chi connectivity index (χ0) is 28.3. The van der Waals surface area contributed by atoms with Crippen molar-refractivity contribution < 1.29 is 28.5 Å². The third-order valence-electron chi connectivity index (χ3n) is 8.41.